The average Bonchev–Trinajstić information content (AvgIpc) is 1.94. The second-order valence-electron chi connectivity index (χ2n) is 1.25. The molecule has 24 heavy (non-hydrogen) atoms. The van der Waals surface area contributed by atoms with Crippen LogP contribution >= 0.6 is 0 Å². The first-order valence-electron chi connectivity index (χ1n) is 3.06. The molecule has 0 aromatic heterocycles. The summed E-state index contributed by atoms with van der Waals surface area (Å²) in [6.45, 7) is 0. The van der Waals surface area contributed by atoms with Gasteiger partial charge in [-0.2, -0.15) is 0 Å². The molecule has 0 spiro atoms. The molecule has 0 heterocycles. The average molecular weight is 944 g/mol. The van der Waals surface area contributed by atoms with Gasteiger partial charge in [-0.3, -0.25) is 0 Å². The van der Waals surface area contributed by atoms with Crippen LogP contribution in [0, 0.1) is 0 Å². The van der Waals surface area contributed by atoms with Crippen molar-refractivity contribution in [2.75, 3.05) is 0 Å². The molecular weight excluding hydrogens is 940 g/mol. The summed E-state index contributed by atoms with van der Waals surface area (Å²) in [6, 6.07) is 0. The van der Waals surface area contributed by atoms with Gasteiger partial charge in [0.05, 0.1) is 0 Å². The summed E-state index contributed by atoms with van der Waals surface area (Å²) >= 11 is -20.4. The topological polar surface area (TPSA) is 316 Å². The van der Waals surface area contributed by atoms with Gasteiger partial charge >= 0.3 is 289 Å². The Kier molecular flexibility index (Phi) is 125. The fraction of sp³-hybridized carbons (Fsp3) is 0. The molecule has 0 aliphatic heterocycles. The van der Waals surface area contributed by atoms with Crippen LogP contribution in [-0.4, -0.2) is 97.8 Å². The summed E-state index contributed by atoms with van der Waals surface area (Å²) in [5, 5.41) is 0. The molecule has 0 saturated carbocycles. The first-order chi connectivity index (χ1) is 8.66. The Hall–Kier alpha value is 6.79. The molecule has 0 unspecified atom stereocenters. The van der Waals surface area contributed by atoms with Gasteiger partial charge < -0.3 is 0 Å². The normalized spacial score (nSPS) is 5.42. The van der Waals surface area contributed by atoms with Gasteiger partial charge in [0.15, 0.2) is 0 Å². The van der Waals surface area contributed by atoms with Gasteiger partial charge in [0.1, 0.15) is 0 Å². The van der Waals surface area contributed by atoms with Crippen molar-refractivity contribution in [3.63, 3.8) is 0 Å². The standard InChI is InChI=1S/2Ba.2Nb.15O.5Ti.4H/q;;2*+5;;;;;;10*-1;;;;;;;;;. The minimum absolute atomic E-state index is 0. The van der Waals surface area contributed by atoms with Crippen LogP contribution < -0.4 is 36.9 Å². The van der Waals surface area contributed by atoms with Crippen LogP contribution in [0.1, 0.15) is 0 Å². The van der Waals surface area contributed by atoms with E-state index in [1.54, 1.807) is 0 Å². The third-order valence-electron chi connectivity index (χ3n) is 0. The summed E-state index contributed by atoms with van der Waals surface area (Å²) in [6.07, 6.45) is 0. The molecule has 0 fully saturated rings. The van der Waals surface area contributed by atoms with Crippen molar-refractivity contribution in [3.8, 4) is 0 Å². The number of rotatable bonds is 0. The molecule has 0 saturated heterocycles. The Labute approximate surface area is 281 Å². The van der Waals surface area contributed by atoms with Crippen LogP contribution in [0.25, 0.3) is 0 Å². The summed E-state index contributed by atoms with van der Waals surface area (Å²) in [7, 11) is 0. The molecular formula is H4Ba2Nb2O15Ti5. The maximum atomic E-state index is 8.58. The van der Waals surface area contributed by atoms with E-state index >= 15 is 0 Å². The molecule has 0 bridgehead atoms. The molecule has 0 N–H and O–H groups in total. The number of hydrogen-bond donors (Lipinski definition) is 0. The van der Waals surface area contributed by atoms with Gasteiger partial charge in [0, 0.05) is 0 Å². The zero-order valence-electron chi connectivity index (χ0n) is 9.52. The summed E-state index contributed by atoms with van der Waals surface area (Å²) in [5.74, 6) is 0. The second kappa shape index (κ2) is 52.0. The van der Waals surface area contributed by atoms with Crippen molar-refractivity contribution in [1.29, 1.82) is 0 Å². The molecule has 128 valence electrons. The van der Waals surface area contributed by atoms with Crippen LogP contribution in [0.3, 0.4) is 0 Å². The third-order valence-corrected chi connectivity index (χ3v) is 0. The quantitative estimate of drug-likeness (QED) is 0.204. The van der Waals surface area contributed by atoms with E-state index in [-0.39, 0.29) is 143 Å². The molecule has 0 amide bonds. The van der Waals surface area contributed by atoms with E-state index in [0.29, 0.717) is 0 Å². The van der Waals surface area contributed by atoms with Crippen molar-refractivity contribution in [2.45, 2.75) is 0 Å². The Morgan fingerprint density at radius 3 is 0.333 bits per heavy atom. The molecule has 0 aromatic carbocycles. The van der Waals surface area contributed by atoms with E-state index in [1.165, 1.54) is 0 Å². The van der Waals surface area contributed by atoms with E-state index in [1.807, 2.05) is 0 Å². The molecule has 0 rings (SSSR count). The molecule has 0 atom stereocenters. The predicted octanol–water partition coefficient (Wildman–Crippen LogP) is -14.3. The zero-order valence-corrected chi connectivity index (χ0v) is 21.7. The Balaban J connectivity index is -0.0000000161. The first kappa shape index (κ1) is 57.6. The SMILES string of the molecule is [BaH2].[BaH2].[Nb+5].[Nb+5].[O]=[Ti]([O-])[O-].[O]=[Ti]([O-])[O-].[O]=[Ti]([O-])[O-].[O]=[Ti]([O-])[O-].[O]=[Ti]([O-])[O-]. The second-order valence-corrected chi connectivity index (χ2v) is 5.15. The van der Waals surface area contributed by atoms with Gasteiger partial charge in [-0.25, -0.2) is 0 Å². The summed E-state index contributed by atoms with van der Waals surface area (Å²) < 4.78 is 129. The van der Waals surface area contributed by atoms with Crippen LogP contribution in [0.4, 0.5) is 0 Å². The third kappa shape index (κ3) is 482. The monoisotopic (exact) mass is 945 g/mol. The van der Waals surface area contributed by atoms with E-state index in [4.69, 9.17) is 53.5 Å². The van der Waals surface area contributed by atoms with Crippen LogP contribution in [0.15, 0.2) is 0 Å². The summed E-state index contributed by atoms with van der Waals surface area (Å²) in [5.41, 5.74) is 0. The molecule has 0 radical (unpaired) electrons. The fourth-order valence-corrected chi connectivity index (χ4v) is 0. The van der Waals surface area contributed by atoms with Crippen LogP contribution in [-0.2, 0) is 154 Å². The van der Waals surface area contributed by atoms with Crippen molar-refractivity contribution >= 4 is 97.8 Å². The van der Waals surface area contributed by atoms with Crippen LogP contribution in [0.5, 0.6) is 0 Å². The van der Waals surface area contributed by atoms with E-state index in [9.17, 15) is 0 Å². The Morgan fingerprint density at radius 2 is 0.333 bits per heavy atom. The Morgan fingerprint density at radius 1 is 0.333 bits per heavy atom. The number of hydrogen-bond acceptors (Lipinski definition) is 15. The van der Waals surface area contributed by atoms with Crippen LogP contribution in [0.2, 0.25) is 0 Å². The van der Waals surface area contributed by atoms with Gasteiger partial charge in [0.2, 0.25) is 0 Å². The van der Waals surface area contributed by atoms with Crippen molar-refractivity contribution in [3.05, 3.63) is 0 Å². The van der Waals surface area contributed by atoms with Gasteiger partial charge in [-0.05, 0) is 0 Å². The van der Waals surface area contributed by atoms with Crippen molar-refractivity contribution in [1.82, 2.24) is 0 Å². The van der Waals surface area contributed by atoms with E-state index in [0.717, 1.165) is 0 Å². The Bertz CT molecular complexity index is 221. The van der Waals surface area contributed by atoms with Gasteiger partial charge in [0.25, 0.3) is 0 Å². The molecule has 24 heteroatoms. The van der Waals surface area contributed by atoms with Crippen molar-refractivity contribution in [2.24, 2.45) is 0 Å². The fourth-order valence-electron chi connectivity index (χ4n) is 0. The molecule has 0 aromatic rings. The van der Waals surface area contributed by atoms with Gasteiger partial charge in [-0.1, -0.05) is 0 Å². The minimum atomic E-state index is -4.08. The van der Waals surface area contributed by atoms with E-state index < -0.39 is 93.1 Å². The van der Waals surface area contributed by atoms with Gasteiger partial charge in [-0.15, -0.1) is 0 Å². The summed E-state index contributed by atoms with van der Waals surface area (Å²) in [4.78, 5) is 0. The van der Waals surface area contributed by atoms with Crippen molar-refractivity contribution < 1.29 is 191 Å². The first-order valence-corrected chi connectivity index (χ1v) is 12.6. The molecule has 0 aliphatic carbocycles. The van der Waals surface area contributed by atoms with E-state index in [2.05, 4.69) is 0 Å². The molecule has 0 aliphatic rings. The maximum absolute atomic E-state index is 8.58. The zero-order chi connectivity index (χ0) is 17.9. The predicted molar refractivity (Wildman–Crippen MR) is 20.5 cm³/mol. The molecule has 15 nitrogen and oxygen atoms in total.